The Labute approximate surface area is 166 Å². The molecule has 2 amide bonds. The zero-order valence-electron chi connectivity index (χ0n) is 15.7. The van der Waals surface area contributed by atoms with E-state index in [9.17, 15) is 9.59 Å². The number of nitrogens with zero attached hydrogens (tertiary/aromatic N) is 2. The lowest BCUT2D eigenvalue weighted by Crippen LogP contribution is -2.25. The molecule has 1 aliphatic carbocycles. The minimum atomic E-state index is -0.387. The van der Waals surface area contributed by atoms with E-state index in [1.54, 1.807) is 31.3 Å². The van der Waals surface area contributed by atoms with Gasteiger partial charge in [-0.2, -0.15) is 0 Å². The molecule has 1 aliphatic rings. The molecule has 0 saturated carbocycles. The normalized spacial score (nSPS) is 17.2. The molecule has 146 valence electrons. The Morgan fingerprint density at radius 3 is 2.96 bits per heavy atom. The van der Waals surface area contributed by atoms with Crippen LogP contribution in [-0.4, -0.2) is 33.0 Å². The molecule has 0 bridgehead atoms. The van der Waals surface area contributed by atoms with Crippen LogP contribution in [0.25, 0.3) is 0 Å². The number of rotatable bonds is 7. The predicted octanol–water partition coefficient (Wildman–Crippen LogP) is 3.65. The van der Waals surface area contributed by atoms with Gasteiger partial charge in [-0.05, 0) is 39.0 Å². The van der Waals surface area contributed by atoms with E-state index in [0.29, 0.717) is 16.7 Å². The maximum atomic E-state index is 12.2. The van der Waals surface area contributed by atoms with Gasteiger partial charge in [0, 0.05) is 10.9 Å². The van der Waals surface area contributed by atoms with E-state index in [1.807, 2.05) is 0 Å². The van der Waals surface area contributed by atoms with Gasteiger partial charge in [-0.25, -0.2) is 4.98 Å². The van der Waals surface area contributed by atoms with Gasteiger partial charge in [0.15, 0.2) is 10.9 Å². The highest BCUT2D eigenvalue weighted by Gasteiger charge is 2.22. The van der Waals surface area contributed by atoms with Gasteiger partial charge in [0.2, 0.25) is 11.8 Å². The third kappa shape index (κ3) is 5.32. The molecule has 2 heterocycles. The molecule has 0 radical (unpaired) electrons. The second-order valence-electron chi connectivity index (χ2n) is 6.72. The smallest absolute Gasteiger partial charge is 0.238 e. The number of hydrogen-bond donors (Lipinski definition) is 2. The number of hydrogen-bond acceptors (Lipinski definition) is 7. The standard InChI is InChI=1S/C18H24N4O3S2/c1-4-12-5-6-13-14(8-12)27-18(19-13)21-16(23)9-26-11(3)17(24)20-15-7-10(2)25-22-15/h7,11-12H,4-6,8-9H2,1-3H3,(H,19,21,23)(H,20,22,24)/t11-,12+/m1/s1. The molecular weight excluding hydrogens is 384 g/mol. The molecule has 0 unspecified atom stereocenters. The van der Waals surface area contributed by atoms with Gasteiger partial charge >= 0.3 is 0 Å². The largest absolute Gasteiger partial charge is 0.360 e. The minimum Gasteiger partial charge on any atom is -0.360 e. The lowest BCUT2D eigenvalue weighted by Gasteiger charge is -2.18. The molecule has 7 nitrogen and oxygen atoms in total. The summed E-state index contributed by atoms with van der Waals surface area (Å²) >= 11 is 2.85. The first-order valence-corrected chi connectivity index (χ1v) is 10.9. The lowest BCUT2D eigenvalue weighted by molar-refractivity contribution is -0.115. The lowest BCUT2D eigenvalue weighted by atomic mass is 9.89. The van der Waals surface area contributed by atoms with Crippen LogP contribution in [0.4, 0.5) is 10.9 Å². The second kappa shape index (κ2) is 8.88. The minimum absolute atomic E-state index is 0.143. The van der Waals surface area contributed by atoms with Crippen LogP contribution < -0.4 is 10.6 Å². The Balaban J connectivity index is 1.45. The summed E-state index contributed by atoms with van der Waals surface area (Å²) < 4.78 is 4.92. The molecule has 2 atom stereocenters. The maximum Gasteiger partial charge on any atom is 0.238 e. The number of carbonyl (C=O) groups excluding carboxylic acids is 2. The first-order valence-electron chi connectivity index (χ1n) is 9.08. The van der Waals surface area contributed by atoms with Gasteiger partial charge in [0.05, 0.1) is 16.7 Å². The number of aryl methyl sites for hydroxylation is 2. The summed E-state index contributed by atoms with van der Waals surface area (Å²) in [6.07, 6.45) is 4.41. The molecule has 27 heavy (non-hydrogen) atoms. The molecule has 0 spiro atoms. The van der Waals surface area contributed by atoms with Crippen LogP contribution in [0.15, 0.2) is 10.6 Å². The number of carbonyl (C=O) groups is 2. The van der Waals surface area contributed by atoms with Crippen molar-refractivity contribution in [2.45, 2.75) is 51.7 Å². The van der Waals surface area contributed by atoms with Crippen molar-refractivity contribution in [2.24, 2.45) is 5.92 Å². The molecule has 9 heteroatoms. The Kier molecular flexibility index (Phi) is 6.54. The van der Waals surface area contributed by atoms with E-state index in [0.717, 1.165) is 24.5 Å². The van der Waals surface area contributed by atoms with Crippen LogP contribution >= 0.6 is 23.1 Å². The molecule has 2 N–H and O–H groups in total. The molecule has 0 aliphatic heterocycles. The van der Waals surface area contributed by atoms with Crippen molar-refractivity contribution in [3.05, 3.63) is 22.4 Å². The first-order chi connectivity index (χ1) is 12.9. The summed E-state index contributed by atoms with van der Waals surface area (Å²) in [5.74, 6) is 1.57. The van der Waals surface area contributed by atoms with Crippen molar-refractivity contribution in [3.8, 4) is 0 Å². The monoisotopic (exact) mass is 408 g/mol. The number of nitrogens with one attached hydrogen (secondary N) is 2. The molecule has 2 aromatic heterocycles. The fourth-order valence-electron chi connectivity index (χ4n) is 2.93. The zero-order chi connectivity index (χ0) is 19.4. The van der Waals surface area contributed by atoms with E-state index >= 15 is 0 Å². The number of aromatic nitrogens is 2. The predicted molar refractivity (Wildman–Crippen MR) is 108 cm³/mol. The average molecular weight is 409 g/mol. The van der Waals surface area contributed by atoms with Crippen molar-refractivity contribution in [1.29, 1.82) is 0 Å². The average Bonchev–Trinajstić information content (AvgIpc) is 3.23. The van der Waals surface area contributed by atoms with Gasteiger partial charge in [0.25, 0.3) is 0 Å². The molecule has 3 rings (SSSR count). The number of anilines is 2. The van der Waals surface area contributed by atoms with Crippen LogP contribution in [0, 0.1) is 12.8 Å². The molecule has 0 fully saturated rings. The zero-order valence-corrected chi connectivity index (χ0v) is 17.3. The summed E-state index contributed by atoms with van der Waals surface area (Å²) in [7, 11) is 0. The second-order valence-corrected chi connectivity index (χ2v) is 9.13. The van der Waals surface area contributed by atoms with Gasteiger partial charge in [0.1, 0.15) is 5.76 Å². The molecule has 0 aromatic carbocycles. The van der Waals surface area contributed by atoms with Crippen LogP contribution in [-0.2, 0) is 22.4 Å². The molecule has 2 aromatic rings. The highest BCUT2D eigenvalue weighted by molar-refractivity contribution is 8.01. The van der Waals surface area contributed by atoms with E-state index < -0.39 is 0 Å². The maximum absolute atomic E-state index is 12.2. The van der Waals surface area contributed by atoms with Crippen molar-refractivity contribution in [1.82, 2.24) is 10.1 Å². The van der Waals surface area contributed by atoms with Gasteiger partial charge in [-0.3, -0.25) is 9.59 Å². The summed E-state index contributed by atoms with van der Waals surface area (Å²) in [6.45, 7) is 5.73. The number of thioether (sulfide) groups is 1. The summed E-state index contributed by atoms with van der Waals surface area (Å²) in [6, 6.07) is 1.65. The van der Waals surface area contributed by atoms with Crippen LogP contribution in [0.1, 0.15) is 43.0 Å². The van der Waals surface area contributed by atoms with Gasteiger partial charge in [-0.15, -0.1) is 23.1 Å². The van der Waals surface area contributed by atoms with E-state index in [-0.39, 0.29) is 22.8 Å². The van der Waals surface area contributed by atoms with Crippen molar-refractivity contribution < 1.29 is 14.1 Å². The summed E-state index contributed by atoms with van der Waals surface area (Å²) in [5.41, 5.74) is 1.13. The van der Waals surface area contributed by atoms with E-state index in [4.69, 9.17) is 4.52 Å². The SMILES string of the molecule is CC[C@H]1CCc2nc(NC(=O)CS[C@H](C)C(=O)Nc3cc(C)on3)sc2C1. The fraction of sp³-hybridized carbons (Fsp3) is 0.556. The fourth-order valence-corrected chi connectivity index (χ4v) is 4.75. The highest BCUT2D eigenvalue weighted by Crippen LogP contribution is 2.33. The Morgan fingerprint density at radius 1 is 1.44 bits per heavy atom. The summed E-state index contributed by atoms with van der Waals surface area (Å²) in [4.78, 5) is 30.2. The highest BCUT2D eigenvalue weighted by atomic mass is 32.2. The Hall–Kier alpha value is -1.87. The third-order valence-electron chi connectivity index (χ3n) is 4.58. The first kappa shape index (κ1) is 19.9. The topological polar surface area (TPSA) is 97.1 Å². The van der Waals surface area contributed by atoms with Crippen LogP contribution in [0.3, 0.4) is 0 Å². The molecular formula is C18H24N4O3S2. The number of amides is 2. The quantitative estimate of drug-likeness (QED) is 0.726. The van der Waals surface area contributed by atoms with Gasteiger partial charge in [-0.1, -0.05) is 18.5 Å². The van der Waals surface area contributed by atoms with Crippen LogP contribution in [0.2, 0.25) is 0 Å². The van der Waals surface area contributed by atoms with Crippen molar-refractivity contribution >= 4 is 45.9 Å². The Bertz CT molecular complexity index is 817. The summed E-state index contributed by atoms with van der Waals surface area (Å²) in [5, 5.41) is 9.55. The van der Waals surface area contributed by atoms with Crippen molar-refractivity contribution in [3.63, 3.8) is 0 Å². The number of thiazole rings is 1. The van der Waals surface area contributed by atoms with Crippen molar-refractivity contribution in [2.75, 3.05) is 16.4 Å². The van der Waals surface area contributed by atoms with Gasteiger partial charge < -0.3 is 15.2 Å². The van der Waals surface area contributed by atoms with E-state index in [1.165, 1.54) is 29.5 Å². The molecule has 0 saturated heterocycles. The number of fused-ring (bicyclic) bond motifs is 1. The van der Waals surface area contributed by atoms with E-state index in [2.05, 4.69) is 27.7 Å². The van der Waals surface area contributed by atoms with Crippen LogP contribution in [0.5, 0.6) is 0 Å². The Morgan fingerprint density at radius 2 is 2.26 bits per heavy atom. The third-order valence-corrected chi connectivity index (χ3v) is 6.76.